The van der Waals surface area contributed by atoms with Crippen molar-refractivity contribution in [2.45, 2.75) is 85.1 Å². The van der Waals surface area contributed by atoms with Crippen LogP contribution in [0.1, 0.15) is 88.3 Å². The molecule has 2 atom stereocenters. The third-order valence-electron chi connectivity index (χ3n) is 8.12. The molecule has 0 spiro atoms. The summed E-state index contributed by atoms with van der Waals surface area (Å²) in [5, 5.41) is 2.82. The molecule has 10 nitrogen and oxygen atoms in total. The van der Waals surface area contributed by atoms with Gasteiger partial charge in [0.1, 0.15) is 19.0 Å². The van der Waals surface area contributed by atoms with Crippen molar-refractivity contribution in [1.82, 2.24) is 10.2 Å². The summed E-state index contributed by atoms with van der Waals surface area (Å²) in [5.74, 6) is -0.690. The van der Waals surface area contributed by atoms with E-state index in [1.807, 2.05) is 74.3 Å². The van der Waals surface area contributed by atoms with Crippen molar-refractivity contribution >= 4 is 23.8 Å². The lowest BCUT2D eigenvalue weighted by Gasteiger charge is -2.30. The number of hydrogen-bond acceptors (Lipinski definition) is 9. The number of carbonyl (C=O) groups excluding carboxylic acids is 4. The molecule has 0 aliphatic heterocycles. The van der Waals surface area contributed by atoms with Gasteiger partial charge in [0.05, 0.1) is 38.4 Å². The minimum absolute atomic E-state index is 0.00968. The van der Waals surface area contributed by atoms with Crippen LogP contribution in [0.25, 0.3) is 0 Å². The Kier molecular flexibility index (Phi) is 17.6. The highest BCUT2D eigenvalue weighted by Gasteiger charge is 2.39. The van der Waals surface area contributed by atoms with Crippen LogP contribution in [-0.4, -0.2) is 75.8 Å². The number of hydrogen-bond donors (Lipinski definition) is 1. The summed E-state index contributed by atoms with van der Waals surface area (Å²) < 4.78 is 21.7. The van der Waals surface area contributed by atoms with Gasteiger partial charge in [0.25, 0.3) is 0 Å². The van der Waals surface area contributed by atoms with Gasteiger partial charge < -0.3 is 29.2 Å². The van der Waals surface area contributed by atoms with Crippen LogP contribution in [-0.2, 0) is 39.9 Å². The van der Waals surface area contributed by atoms with E-state index in [0.29, 0.717) is 32.7 Å². The SMILES string of the molecule is CCCCCOC(=O)CC(C)(CC(C)c1ccccc1)C(=O)OCCN(C)CCC(=O)OCCC(=O)NCc1ccc(C)c(OC)c1. The average Bonchev–Trinajstić information content (AvgIpc) is 3.05. The number of rotatable bonds is 22. The van der Waals surface area contributed by atoms with E-state index in [1.54, 1.807) is 14.0 Å². The molecule has 1 amide bonds. The maximum absolute atomic E-state index is 13.4. The van der Waals surface area contributed by atoms with E-state index < -0.39 is 23.3 Å². The standard InChI is InChI=1S/C37H54N2O8/c1-7-8-12-21-45-35(42)26-37(4,25-29(3)31-13-10-9-11-14-31)36(43)47-23-20-39(5)19-17-34(41)46-22-18-33(40)38-27-30-16-15-28(2)32(24-30)44-6/h9-11,13-16,24,29H,7-8,12,17-23,25-27H2,1-6H3,(H,38,40). The number of carbonyl (C=O) groups is 4. The summed E-state index contributed by atoms with van der Waals surface area (Å²) in [5.41, 5.74) is 1.95. The first-order valence-corrected chi connectivity index (χ1v) is 16.6. The van der Waals surface area contributed by atoms with Gasteiger partial charge in [-0.15, -0.1) is 0 Å². The van der Waals surface area contributed by atoms with Crippen molar-refractivity contribution in [2.75, 3.05) is 47.1 Å². The van der Waals surface area contributed by atoms with Crippen LogP contribution in [0.3, 0.4) is 0 Å². The van der Waals surface area contributed by atoms with Gasteiger partial charge in [0.2, 0.25) is 5.91 Å². The lowest BCUT2D eigenvalue weighted by atomic mass is 9.76. The number of ether oxygens (including phenoxy) is 4. The molecule has 0 aliphatic rings. The number of benzene rings is 2. The second kappa shape index (κ2) is 21.1. The highest BCUT2D eigenvalue weighted by atomic mass is 16.5. The van der Waals surface area contributed by atoms with E-state index >= 15 is 0 Å². The van der Waals surface area contributed by atoms with Gasteiger partial charge in [-0.2, -0.15) is 0 Å². The van der Waals surface area contributed by atoms with Crippen LogP contribution < -0.4 is 10.1 Å². The molecule has 2 aromatic rings. The van der Waals surface area contributed by atoms with E-state index in [0.717, 1.165) is 41.7 Å². The molecular formula is C37H54N2O8. The Hall–Kier alpha value is -3.92. The van der Waals surface area contributed by atoms with Gasteiger partial charge in [-0.05, 0) is 62.4 Å². The number of aryl methyl sites for hydroxylation is 1. The third kappa shape index (κ3) is 15.0. The van der Waals surface area contributed by atoms with Crippen molar-refractivity contribution in [3.63, 3.8) is 0 Å². The van der Waals surface area contributed by atoms with E-state index in [4.69, 9.17) is 18.9 Å². The molecule has 0 radical (unpaired) electrons. The Labute approximate surface area is 280 Å². The Morgan fingerprint density at radius 2 is 1.62 bits per heavy atom. The zero-order valence-corrected chi connectivity index (χ0v) is 29.1. The topological polar surface area (TPSA) is 120 Å². The quantitative estimate of drug-likeness (QED) is 0.0963. The second-order valence-electron chi connectivity index (χ2n) is 12.4. The Balaban J connectivity index is 1.74. The number of esters is 3. The molecule has 2 unspecified atom stereocenters. The fourth-order valence-electron chi connectivity index (χ4n) is 5.17. The van der Waals surface area contributed by atoms with E-state index in [-0.39, 0.29) is 44.3 Å². The zero-order chi connectivity index (χ0) is 34.7. The predicted molar refractivity (Wildman–Crippen MR) is 181 cm³/mol. The van der Waals surface area contributed by atoms with Crippen molar-refractivity contribution in [2.24, 2.45) is 5.41 Å². The van der Waals surface area contributed by atoms with E-state index in [2.05, 4.69) is 12.2 Å². The fourth-order valence-corrected chi connectivity index (χ4v) is 5.17. The van der Waals surface area contributed by atoms with Crippen LogP contribution in [0, 0.1) is 12.3 Å². The maximum Gasteiger partial charge on any atom is 0.312 e. The predicted octanol–water partition coefficient (Wildman–Crippen LogP) is 5.74. The minimum atomic E-state index is -1.06. The van der Waals surface area contributed by atoms with Gasteiger partial charge in [0.15, 0.2) is 0 Å². The normalized spacial score (nSPS) is 12.9. The molecule has 0 aromatic heterocycles. The first-order valence-electron chi connectivity index (χ1n) is 16.6. The van der Waals surface area contributed by atoms with Crippen LogP contribution in [0.4, 0.5) is 0 Å². The molecule has 0 aliphatic carbocycles. The number of unbranched alkanes of at least 4 members (excludes halogenated alkanes) is 2. The summed E-state index contributed by atoms with van der Waals surface area (Å²) in [6.07, 6.45) is 3.36. The fraction of sp³-hybridized carbons (Fsp3) is 0.568. The van der Waals surface area contributed by atoms with Crippen molar-refractivity contribution < 1.29 is 38.1 Å². The van der Waals surface area contributed by atoms with Gasteiger partial charge in [-0.3, -0.25) is 19.2 Å². The Morgan fingerprint density at radius 1 is 0.894 bits per heavy atom. The number of likely N-dealkylation sites (N-methyl/N-ethyl adjacent to an activating group) is 1. The number of nitrogens with zero attached hydrogens (tertiary/aromatic N) is 1. The van der Waals surface area contributed by atoms with Gasteiger partial charge in [-0.1, -0.05) is 69.2 Å². The summed E-state index contributed by atoms with van der Waals surface area (Å²) >= 11 is 0. The molecule has 47 heavy (non-hydrogen) atoms. The van der Waals surface area contributed by atoms with Gasteiger partial charge in [0, 0.05) is 19.6 Å². The highest BCUT2D eigenvalue weighted by molar-refractivity contribution is 5.83. The lowest BCUT2D eigenvalue weighted by molar-refractivity contribution is -0.163. The number of nitrogens with one attached hydrogen (secondary N) is 1. The minimum Gasteiger partial charge on any atom is -0.496 e. The Bertz CT molecular complexity index is 1270. The summed E-state index contributed by atoms with van der Waals surface area (Å²) in [7, 11) is 3.42. The van der Waals surface area contributed by atoms with E-state index in [1.165, 1.54) is 0 Å². The number of methoxy groups -OCH3 is 1. The van der Waals surface area contributed by atoms with Crippen molar-refractivity contribution in [1.29, 1.82) is 0 Å². The monoisotopic (exact) mass is 654 g/mol. The second-order valence-corrected chi connectivity index (χ2v) is 12.4. The molecule has 1 N–H and O–H groups in total. The summed E-state index contributed by atoms with van der Waals surface area (Å²) in [6, 6.07) is 15.6. The number of amides is 1. The maximum atomic E-state index is 13.4. The third-order valence-corrected chi connectivity index (χ3v) is 8.12. The van der Waals surface area contributed by atoms with E-state index in [9.17, 15) is 19.2 Å². The van der Waals surface area contributed by atoms with Crippen LogP contribution in [0.5, 0.6) is 5.75 Å². The lowest BCUT2D eigenvalue weighted by Crippen LogP contribution is -2.36. The van der Waals surface area contributed by atoms with Crippen LogP contribution in [0.2, 0.25) is 0 Å². The molecule has 2 aromatic carbocycles. The van der Waals surface area contributed by atoms with Crippen molar-refractivity contribution in [3.8, 4) is 5.75 Å². The van der Waals surface area contributed by atoms with Gasteiger partial charge >= 0.3 is 17.9 Å². The first kappa shape index (κ1) is 39.3. The largest absolute Gasteiger partial charge is 0.496 e. The zero-order valence-electron chi connectivity index (χ0n) is 29.1. The molecule has 2 rings (SSSR count). The molecule has 260 valence electrons. The summed E-state index contributed by atoms with van der Waals surface area (Å²) in [4.78, 5) is 52.4. The highest BCUT2D eigenvalue weighted by Crippen LogP contribution is 2.36. The summed E-state index contributed by atoms with van der Waals surface area (Å²) in [6.45, 7) is 9.43. The first-order chi connectivity index (χ1) is 22.5. The molecule has 0 saturated carbocycles. The van der Waals surface area contributed by atoms with Crippen molar-refractivity contribution in [3.05, 3.63) is 65.2 Å². The van der Waals surface area contributed by atoms with Gasteiger partial charge in [-0.25, -0.2) is 0 Å². The molecule has 0 heterocycles. The molecular weight excluding hydrogens is 600 g/mol. The molecule has 10 heteroatoms. The molecule has 0 fully saturated rings. The molecule has 0 bridgehead atoms. The van der Waals surface area contributed by atoms with Crippen LogP contribution in [0.15, 0.2) is 48.5 Å². The smallest absolute Gasteiger partial charge is 0.312 e. The molecule has 0 saturated heterocycles. The van der Waals surface area contributed by atoms with Crippen LogP contribution >= 0.6 is 0 Å². The Morgan fingerprint density at radius 3 is 2.32 bits per heavy atom. The average molecular weight is 655 g/mol.